The molecule has 0 bridgehead atoms. The molecule has 0 aliphatic heterocycles. The van der Waals surface area contributed by atoms with Crippen LogP contribution in [0.25, 0.3) is 16.5 Å². The summed E-state index contributed by atoms with van der Waals surface area (Å²) in [5.74, 6) is 0.581. The van der Waals surface area contributed by atoms with E-state index in [0.717, 1.165) is 9.80 Å². The molecule has 0 N–H and O–H groups in total. The fourth-order valence-corrected chi connectivity index (χ4v) is 3.81. The maximum atomic E-state index is 3.56. The van der Waals surface area contributed by atoms with Gasteiger partial charge in [0.15, 0.2) is 0 Å². The molecule has 19 heavy (non-hydrogen) atoms. The van der Waals surface area contributed by atoms with E-state index in [1.807, 2.05) is 11.3 Å². The Balaban J connectivity index is 2.26. The second-order valence-corrected chi connectivity index (χ2v) is 7.31. The Kier molecular flexibility index (Phi) is 5.43. The van der Waals surface area contributed by atoms with E-state index in [9.17, 15) is 0 Å². The summed E-state index contributed by atoms with van der Waals surface area (Å²) in [4.78, 5) is 2.64. The summed E-state index contributed by atoms with van der Waals surface area (Å²) in [7, 11) is 0. The molecule has 0 aliphatic carbocycles. The molecule has 3 heteroatoms. The van der Waals surface area contributed by atoms with Crippen LogP contribution in [0.5, 0.6) is 0 Å². The van der Waals surface area contributed by atoms with Gasteiger partial charge in [0.25, 0.3) is 0 Å². The minimum atomic E-state index is 0.581. The first-order valence-corrected chi connectivity index (χ1v) is 8.95. The molecule has 2 aromatic rings. The van der Waals surface area contributed by atoms with Crippen LogP contribution in [0.15, 0.2) is 46.4 Å². The zero-order valence-corrected chi connectivity index (χ0v) is 15.0. The zero-order chi connectivity index (χ0) is 13.8. The number of thiophene rings is 1. The van der Waals surface area contributed by atoms with Crippen molar-refractivity contribution in [3.8, 4) is 10.4 Å². The van der Waals surface area contributed by atoms with Gasteiger partial charge in [-0.3, -0.25) is 0 Å². The summed E-state index contributed by atoms with van der Waals surface area (Å²) in [6.45, 7) is 4.46. The van der Waals surface area contributed by atoms with Gasteiger partial charge >= 0.3 is 0 Å². The van der Waals surface area contributed by atoms with E-state index in [-0.39, 0.29) is 0 Å². The van der Waals surface area contributed by atoms with Gasteiger partial charge < -0.3 is 0 Å². The third-order valence-electron chi connectivity index (χ3n) is 2.98. The number of benzene rings is 1. The van der Waals surface area contributed by atoms with Gasteiger partial charge in [0.2, 0.25) is 0 Å². The van der Waals surface area contributed by atoms with Crippen LogP contribution in [0, 0.1) is 5.92 Å². The molecule has 0 saturated carbocycles. The van der Waals surface area contributed by atoms with Gasteiger partial charge in [-0.1, -0.05) is 63.4 Å². The van der Waals surface area contributed by atoms with Crippen LogP contribution in [0.3, 0.4) is 0 Å². The Hall–Kier alpha value is -0.380. The molecule has 0 atom stereocenters. The van der Waals surface area contributed by atoms with Crippen molar-refractivity contribution in [2.75, 3.05) is 5.33 Å². The van der Waals surface area contributed by atoms with Crippen molar-refractivity contribution in [3.05, 3.63) is 51.3 Å². The topological polar surface area (TPSA) is 0 Å². The van der Waals surface area contributed by atoms with E-state index in [1.54, 1.807) is 0 Å². The van der Waals surface area contributed by atoms with Gasteiger partial charge in [0.05, 0.1) is 0 Å². The highest BCUT2D eigenvalue weighted by Crippen LogP contribution is 2.31. The number of alkyl halides is 1. The highest BCUT2D eigenvalue weighted by Gasteiger charge is 2.05. The van der Waals surface area contributed by atoms with E-state index in [2.05, 4.69) is 88.2 Å². The predicted octanol–water partition coefficient (Wildman–Crippen LogP) is 6.61. The van der Waals surface area contributed by atoms with Crippen molar-refractivity contribution in [3.63, 3.8) is 0 Å². The number of hydrogen-bond donors (Lipinski definition) is 0. The standard InChI is InChI=1S/C16H16Br2S/c1-11(2)13(10-17)9-15-7-8-16(19-15)12-3-5-14(18)6-4-12/h3-9,11H,10H2,1-2H3. The van der Waals surface area contributed by atoms with Crippen molar-refractivity contribution >= 4 is 49.3 Å². The highest BCUT2D eigenvalue weighted by molar-refractivity contribution is 9.10. The molecule has 0 nitrogen and oxygen atoms in total. The summed E-state index contributed by atoms with van der Waals surface area (Å²) < 4.78 is 1.12. The molecule has 0 saturated heterocycles. The first-order chi connectivity index (χ1) is 9.10. The fourth-order valence-electron chi connectivity index (χ4n) is 1.74. The largest absolute Gasteiger partial charge is 0.136 e. The van der Waals surface area contributed by atoms with E-state index < -0.39 is 0 Å². The summed E-state index contributed by atoms with van der Waals surface area (Å²) in [6.07, 6.45) is 2.30. The number of allylic oxidation sites excluding steroid dienone is 1. The Morgan fingerprint density at radius 1 is 1.16 bits per heavy atom. The minimum absolute atomic E-state index is 0.581. The monoisotopic (exact) mass is 398 g/mol. The van der Waals surface area contributed by atoms with Crippen molar-refractivity contribution in [1.29, 1.82) is 0 Å². The van der Waals surface area contributed by atoms with Gasteiger partial charge in [-0.2, -0.15) is 0 Å². The molecule has 0 unspecified atom stereocenters. The average Bonchev–Trinajstić information content (AvgIpc) is 2.85. The molecule has 0 fully saturated rings. The number of rotatable bonds is 4. The summed E-state index contributed by atoms with van der Waals surface area (Å²) in [5.41, 5.74) is 2.71. The molecule has 2 rings (SSSR count). The molecule has 1 heterocycles. The van der Waals surface area contributed by atoms with Crippen LogP contribution in [-0.2, 0) is 0 Å². The lowest BCUT2D eigenvalue weighted by atomic mass is 10.0. The zero-order valence-electron chi connectivity index (χ0n) is 11.0. The van der Waals surface area contributed by atoms with Gasteiger partial charge in [-0.25, -0.2) is 0 Å². The minimum Gasteiger partial charge on any atom is -0.136 e. The molecule has 1 aromatic carbocycles. The smallest absolute Gasteiger partial charge is 0.0349 e. The normalized spacial score (nSPS) is 12.2. The van der Waals surface area contributed by atoms with Crippen LogP contribution in [-0.4, -0.2) is 5.33 Å². The van der Waals surface area contributed by atoms with Crippen molar-refractivity contribution in [2.45, 2.75) is 13.8 Å². The summed E-state index contributed by atoms with van der Waals surface area (Å²) in [5, 5.41) is 0.941. The van der Waals surface area contributed by atoms with Crippen LogP contribution in [0.2, 0.25) is 0 Å². The fraction of sp³-hybridized carbons (Fsp3) is 0.250. The van der Waals surface area contributed by atoms with Crippen molar-refractivity contribution in [2.24, 2.45) is 5.92 Å². The molecule has 1 aromatic heterocycles. The van der Waals surface area contributed by atoms with E-state index in [4.69, 9.17) is 0 Å². The average molecular weight is 400 g/mol. The van der Waals surface area contributed by atoms with Gasteiger partial charge in [0.1, 0.15) is 0 Å². The molecule has 0 amide bonds. The molecule has 100 valence electrons. The molecular formula is C16H16Br2S. The quantitative estimate of drug-likeness (QED) is 0.507. The first kappa shape index (κ1) is 15.0. The second kappa shape index (κ2) is 6.87. The van der Waals surface area contributed by atoms with Crippen LogP contribution in [0.4, 0.5) is 0 Å². The van der Waals surface area contributed by atoms with Gasteiger partial charge in [-0.15, -0.1) is 11.3 Å². The second-order valence-electron chi connectivity index (χ2n) is 4.72. The number of hydrogen-bond acceptors (Lipinski definition) is 1. The van der Waals surface area contributed by atoms with Gasteiger partial charge in [-0.05, 0) is 41.8 Å². The Morgan fingerprint density at radius 2 is 1.84 bits per heavy atom. The van der Waals surface area contributed by atoms with Crippen molar-refractivity contribution in [1.82, 2.24) is 0 Å². The lowest BCUT2D eigenvalue weighted by molar-refractivity contribution is 0.781. The van der Waals surface area contributed by atoms with Crippen LogP contribution >= 0.6 is 43.2 Å². The van der Waals surface area contributed by atoms with Crippen LogP contribution < -0.4 is 0 Å². The Bertz CT molecular complexity index is 565. The lowest BCUT2D eigenvalue weighted by Gasteiger charge is -2.06. The predicted molar refractivity (Wildman–Crippen MR) is 94.1 cm³/mol. The van der Waals surface area contributed by atoms with Gasteiger partial charge in [0, 0.05) is 19.6 Å². The SMILES string of the molecule is CC(C)C(=Cc1ccc(-c2ccc(Br)cc2)s1)CBr. The molecular weight excluding hydrogens is 384 g/mol. The van der Waals surface area contributed by atoms with E-state index >= 15 is 0 Å². The first-order valence-electron chi connectivity index (χ1n) is 6.22. The van der Waals surface area contributed by atoms with Crippen molar-refractivity contribution < 1.29 is 0 Å². The Morgan fingerprint density at radius 3 is 2.42 bits per heavy atom. The molecule has 0 spiro atoms. The summed E-state index contributed by atoms with van der Waals surface area (Å²) in [6, 6.07) is 12.9. The highest BCUT2D eigenvalue weighted by atomic mass is 79.9. The summed E-state index contributed by atoms with van der Waals surface area (Å²) >= 11 is 8.88. The maximum Gasteiger partial charge on any atom is 0.0349 e. The third kappa shape index (κ3) is 4.04. The number of halogens is 2. The molecule has 0 radical (unpaired) electrons. The maximum absolute atomic E-state index is 3.56. The lowest BCUT2D eigenvalue weighted by Crippen LogP contribution is -1.93. The van der Waals surface area contributed by atoms with Crippen LogP contribution in [0.1, 0.15) is 18.7 Å². The van der Waals surface area contributed by atoms with E-state index in [1.165, 1.54) is 20.9 Å². The Labute approximate surface area is 135 Å². The third-order valence-corrected chi connectivity index (χ3v) is 5.24. The van der Waals surface area contributed by atoms with E-state index in [0.29, 0.717) is 5.92 Å². The molecule has 0 aliphatic rings.